The van der Waals surface area contributed by atoms with Gasteiger partial charge in [-0.25, -0.2) is 9.78 Å². The predicted molar refractivity (Wildman–Crippen MR) is 117 cm³/mol. The van der Waals surface area contributed by atoms with Gasteiger partial charge in [0.1, 0.15) is 5.65 Å². The smallest absolute Gasteiger partial charge is 0.410 e. The molecule has 0 saturated carbocycles. The molecule has 5 heteroatoms. The molecule has 2 aromatic heterocycles. The quantitative estimate of drug-likeness (QED) is 0.589. The fourth-order valence-corrected chi connectivity index (χ4v) is 4.34. The molecule has 0 spiro atoms. The molecule has 1 unspecified atom stereocenters. The van der Waals surface area contributed by atoms with Crippen LogP contribution in [0.4, 0.5) is 4.79 Å². The first kappa shape index (κ1) is 18.7. The zero-order valence-corrected chi connectivity index (χ0v) is 16.9. The van der Waals surface area contributed by atoms with E-state index in [1.807, 2.05) is 47.4 Å². The third-order valence-corrected chi connectivity index (χ3v) is 5.90. The predicted octanol–water partition coefficient (Wildman–Crippen LogP) is 5.41. The van der Waals surface area contributed by atoms with Gasteiger partial charge in [0.2, 0.25) is 0 Å². The number of aromatic nitrogens is 2. The number of allylic oxidation sites excluding steroid dienone is 3. The summed E-state index contributed by atoms with van der Waals surface area (Å²) in [6.07, 6.45) is 12.9. The molecule has 5 rings (SSSR count). The van der Waals surface area contributed by atoms with E-state index < -0.39 is 0 Å². The van der Waals surface area contributed by atoms with Crippen LogP contribution in [0.3, 0.4) is 0 Å². The molecule has 1 saturated heterocycles. The Bertz CT molecular complexity index is 1100. The lowest BCUT2D eigenvalue weighted by Crippen LogP contribution is -2.32. The number of fused-ring (bicyclic) bond motifs is 1. The van der Waals surface area contributed by atoms with E-state index in [9.17, 15) is 4.79 Å². The van der Waals surface area contributed by atoms with Crippen LogP contribution in [0, 0.1) is 5.92 Å². The van der Waals surface area contributed by atoms with Gasteiger partial charge < -0.3 is 4.74 Å². The number of benzene rings is 1. The summed E-state index contributed by atoms with van der Waals surface area (Å²) in [5.74, 6) is 0.267. The first-order valence-electron chi connectivity index (χ1n) is 10.6. The minimum absolute atomic E-state index is 0.0391. The van der Waals surface area contributed by atoms with Gasteiger partial charge in [-0.15, -0.1) is 0 Å². The van der Waals surface area contributed by atoms with Gasteiger partial charge in [0.05, 0.1) is 24.0 Å². The molecule has 2 aliphatic rings. The Kier molecular flexibility index (Phi) is 5.10. The number of pyridine rings is 1. The van der Waals surface area contributed by atoms with Crippen molar-refractivity contribution in [3.8, 4) is 11.3 Å². The van der Waals surface area contributed by atoms with Crippen LogP contribution < -0.4 is 0 Å². The molecule has 1 aliphatic heterocycles. The highest BCUT2D eigenvalue weighted by atomic mass is 16.6. The van der Waals surface area contributed by atoms with Crippen molar-refractivity contribution in [3.05, 3.63) is 84.7 Å². The van der Waals surface area contributed by atoms with Gasteiger partial charge in [-0.2, -0.15) is 0 Å². The van der Waals surface area contributed by atoms with Crippen molar-refractivity contribution in [3.63, 3.8) is 0 Å². The van der Waals surface area contributed by atoms with Gasteiger partial charge in [0, 0.05) is 18.7 Å². The molecule has 3 heterocycles. The molecule has 1 aliphatic carbocycles. The number of nitrogens with zero attached hydrogens (tertiary/aromatic N) is 3. The van der Waals surface area contributed by atoms with Gasteiger partial charge in [0.15, 0.2) is 0 Å². The first-order chi connectivity index (χ1) is 14.8. The highest BCUT2D eigenvalue weighted by molar-refractivity contribution is 5.69. The molecule has 0 bridgehead atoms. The number of hydrogen-bond acceptors (Lipinski definition) is 3. The van der Waals surface area contributed by atoms with Crippen LogP contribution in [0.1, 0.15) is 31.0 Å². The summed E-state index contributed by atoms with van der Waals surface area (Å²) in [6, 6.07) is 16.4. The summed E-state index contributed by atoms with van der Waals surface area (Å²) in [4.78, 5) is 19.5. The van der Waals surface area contributed by atoms with Gasteiger partial charge in [0.25, 0.3) is 0 Å². The monoisotopic (exact) mass is 399 g/mol. The van der Waals surface area contributed by atoms with Crippen molar-refractivity contribution in [2.45, 2.75) is 25.3 Å². The number of ether oxygens (including phenoxy) is 1. The van der Waals surface area contributed by atoms with Crippen molar-refractivity contribution in [2.24, 2.45) is 5.92 Å². The van der Waals surface area contributed by atoms with E-state index >= 15 is 0 Å². The molecule has 1 fully saturated rings. The first-order valence-corrected chi connectivity index (χ1v) is 10.6. The zero-order valence-electron chi connectivity index (χ0n) is 16.9. The lowest BCUT2D eigenvalue weighted by atomic mass is 10.0. The van der Waals surface area contributed by atoms with Crippen molar-refractivity contribution >= 4 is 11.7 Å². The summed E-state index contributed by atoms with van der Waals surface area (Å²) < 4.78 is 7.77. The third kappa shape index (κ3) is 3.63. The Labute approximate surface area is 176 Å². The molecule has 152 valence electrons. The van der Waals surface area contributed by atoms with Crippen molar-refractivity contribution in [2.75, 3.05) is 13.2 Å². The number of hydrogen-bond donors (Lipinski definition) is 0. The normalized spacial score (nSPS) is 20.7. The Hall–Kier alpha value is -3.34. The van der Waals surface area contributed by atoms with Gasteiger partial charge in [-0.3, -0.25) is 9.30 Å². The minimum atomic E-state index is -0.235. The molecule has 0 N–H and O–H groups in total. The van der Waals surface area contributed by atoms with Crippen molar-refractivity contribution in [1.82, 2.24) is 14.3 Å². The fourth-order valence-electron chi connectivity index (χ4n) is 4.34. The summed E-state index contributed by atoms with van der Waals surface area (Å²) in [7, 11) is 0. The second-order valence-corrected chi connectivity index (χ2v) is 7.91. The Morgan fingerprint density at radius 1 is 1.10 bits per heavy atom. The SMILES string of the molecule is O=C(OCC1C=CC=CC1)N1CCC[C@H]1c1cn2c(-c3ccccc3)cccc2n1. The van der Waals surface area contributed by atoms with Gasteiger partial charge in [-0.05, 0) is 37.0 Å². The Morgan fingerprint density at radius 2 is 2.00 bits per heavy atom. The van der Waals surface area contributed by atoms with E-state index in [4.69, 9.17) is 9.72 Å². The van der Waals surface area contributed by atoms with Crippen LogP contribution in [0.25, 0.3) is 16.9 Å². The van der Waals surface area contributed by atoms with E-state index in [0.717, 1.165) is 41.9 Å². The van der Waals surface area contributed by atoms with E-state index in [0.29, 0.717) is 13.2 Å². The van der Waals surface area contributed by atoms with Crippen molar-refractivity contribution in [1.29, 1.82) is 0 Å². The second-order valence-electron chi connectivity index (χ2n) is 7.91. The van der Waals surface area contributed by atoms with Crippen LogP contribution >= 0.6 is 0 Å². The number of carbonyl (C=O) groups excluding carboxylic acids is 1. The lowest BCUT2D eigenvalue weighted by molar-refractivity contribution is 0.0889. The van der Waals surface area contributed by atoms with Crippen LogP contribution in [0.5, 0.6) is 0 Å². The molecule has 1 amide bonds. The molecular formula is C25H25N3O2. The summed E-state index contributed by atoms with van der Waals surface area (Å²) in [5, 5.41) is 0. The zero-order chi connectivity index (χ0) is 20.3. The van der Waals surface area contributed by atoms with Crippen LogP contribution in [0.2, 0.25) is 0 Å². The van der Waals surface area contributed by atoms with Crippen LogP contribution in [-0.4, -0.2) is 33.5 Å². The molecule has 0 radical (unpaired) electrons. The average molecular weight is 399 g/mol. The highest BCUT2D eigenvalue weighted by Crippen LogP contribution is 2.33. The van der Waals surface area contributed by atoms with Crippen LogP contribution in [0.15, 0.2) is 79.0 Å². The van der Waals surface area contributed by atoms with Crippen molar-refractivity contribution < 1.29 is 9.53 Å². The Morgan fingerprint density at radius 3 is 2.83 bits per heavy atom. The fraction of sp³-hybridized carbons (Fsp3) is 0.280. The lowest BCUT2D eigenvalue weighted by Gasteiger charge is -2.24. The molecule has 5 nitrogen and oxygen atoms in total. The number of carbonyl (C=O) groups is 1. The van der Waals surface area contributed by atoms with Gasteiger partial charge >= 0.3 is 6.09 Å². The van der Waals surface area contributed by atoms with E-state index in [2.05, 4.69) is 40.9 Å². The summed E-state index contributed by atoms with van der Waals surface area (Å²) >= 11 is 0. The largest absolute Gasteiger partial charge is 0.449 e. The number of imidazole rings is 1. The summed E-state index contributed by atoms with van der Waals surface area (Å²) in [5.41, 5.74) is 4.06. The molecular weight excluding hydrogens is 374 g/mol. The maximum atomic E-state index is 12.8. The number of rotatable bonds is 4. The second kappa shape index (κ2) is 8.19. The number of likely N-dealkylation sites (tertiary alicyclic amines) is 1. The maximum absolute atomic E-state index is 12.8. The minimum Gasteiger partial charge on any atom is -0.449 e. The molecule has 1 aromatic carbocycles. The topological polar surface area (TPSA) is 46.8 Å². The maximum Gasteiger partial charge on any atom is 0.410 e. The van der Waals surface area contributed by atoms with Crippen LogP contribution in [-0.2, 0) is 4.74 Å². The standard InChI is InChI=1S/C25H25N3O2/c29-25(30-18-19-9-3-1-4-10-19)27-16-8-14-23(27)21-17-28-22(13-7-15-24(28)26-21)20-11-5-2-6-12-20/h1-7,9,11-13,15,17,19,23H,8,10,14,16,18H2/t19?,23-/m0/s1. The Balaban J connectivity index is 1.37. The van der Waals surface area contributed by atoms with E-state index in [1.54, 1.807) is 0 Å². The molecule has 30 heavy (non-hydrogen) atoms. The van der Waals surface area contributed by atoms with E-state index in [-0.39, 0.29) is 18.1 Å². The molecule has 2 atom stereocenters. The van der Waals surface area contributed by atoms with Gasteiger partial charge in [-0.1, -0.05) is 60.7 Å². The third-order valence-electron chi connectivity index (χ3n) is 5.90. The molecule has 3 aromatic rings. The van der Waals surface area contributed by atoms with E-state index in [1.165, 1.54) is 0 Å². The highest BCUT2D eigenvalue weighted by Gasteiger charge is 2.33. The number of amides is 1. The average Bonchev–Trinajstić information content (AvgIpc) is 3.45. The summed E-state index contributed by atoms with van der Waals surface area (Å²) in [6.45, 7) is 1.13.